The summed E-state index contributed by atoms with van der Waals surface area (Å²) in [4.78, 5) is 11.9. The van der Waals surface area contributed by atoms with Crippen LogP contribution in [0.25, 0.3) is 0 Å². The normalized spacial score (nSPS) is 17.9. The van der Waals surface area contributed by atoms with Gasteiger partial charge in [-0.25, -0.2) is 0 Å². The minimum Gasteiger partial charge on any atom is -0.466 e. The molecule has 2 N–H and O–H groups in total. The zero-order valence-electron chi connectivity index (χ0n) is 12.5. The van der Waals surface area contributed by atoms with Crippen molar-refractivity contribution in [2.24, 2.45) is 0 Å². The second-order valence-electron chi connectivity index (χ2n) is 5.42. The zero-order chi connectivity index (χ0) is 14.5. The molecule has 0 aliphatic carbocycles. The largest absolute Gasteiger partial charge is 0.466 e. The van der Waals surface area contributed by atoms with Gasteiger partial charge in [-0.05, 0) is 52.8 Å². The third kappa shape index (κ3) is 4.08. The molecule has 1 fully saturated rings. The fourth-order valence-corrected chi connectivity index (χ4v) is 2.60. The number of nitrogens with one attached hydrogen (secondary N) is 2. The van der Waals surface area contributed by atoms with Gasteiger partial charge in [-0.3, -0.25) is 4.79 Å². The number of ether oxygens (including phenoxy) is 1. The van der Waals surface area contributed by atoms with Crippen molar-refractivity contribution in [3.8, 4) is 0 Å². The fourth-order valence-electron chi connectivity index (χ4n) is 2.60. The van der Waals surface area contributed by atoms with E-state index in [-0.39, 0.29) is 24.7 Å². The molecule has 1 aromatic heterocycles. The van der Waals surface area contributed by atoms with Gasteiger partial charge in [0.25, 0.3) is 0 Å². The Bertz CT molecular complexity index is 450. The number of amides is 1. The van der Waals surface area contributed by atoms with Crippen LogP contribution in [-0.2, 0) is 9.53 Å². The van der Waals surface area contributed by atoms with Crippen LogP contribution < -0.4 is 10.6 Å². The minimum absolute atomic E-state index is 0.0587. The molecule has 1 amide bonds. The van der Waals surface area contributed by atoms with Gasteiger partial charge in [0.15, 0.2) is 0 Å². The minimum atomic E-state index is -0.0747. The summed E-state index contributed by atoms with van der Waals surface area (Å²) >= 11 is 0. The Morgan fingerprint density at radius 3 is 2.80 bits per heavy atom. The number of rotatable bonds is 5. The van der Waals surface area contributed by atoms with Crippen LogP contribution in [0.2, 0.25) is 0 Å². The SMILES string of the molecule is Cc1cc(C(C)NC(=O)COC2CCNCC2)c(C)o1. The number of hydrogen-bond donors (Lipinski definition) is 2. The average molecular weight is 280 g/mol. The lowest BCUT2D eigenvalue weighted by molar-refractivity contribution is -0.128. The summed E-state index contributed by atoms with van der Waals surface area (Å²) in [6, 6.07) is 1.91. The van der Waals surface area contributed by atoms with Crippen LogP contribution in [0.3, 0.4) is 0 Å². The van der Waals surface area contributed by atoms with Gasteiger partial charge in [0, 0.05) is 5.56 Å². The van der Waals surface area contributed by atoms with Crippen molar-refractivity contribution in [1.29, 1.82) is 0 Å². The number of carbonyl (C=O) groups is 1. The Balaban J connectivity index is 1.77. The first kappa shape index (κ1) is 15.1. The molecular weight excluding hydrogens is 256 g/mol. The molecule has 0 saturated carbocycles. The number of carbonyl (C=O) groups excluding carboxylic acids is 1. The summed E-state index contributed by atoms with van der Waals surface area (Å²) in [5, 5.41) is 6.22. The van der Waals surface area contributed by atoms with Crippen LogP contribution in [0.5, 0.6) is 0 Å². The summed E-state index contributed by atoms with van der Waals surface area (Å²) in [5.74, 6) is 1.65. The molecule has 5 nitrogen and oxygen atoms in total. The third-order valence-electron chi connectivity index (χ3n) is 3.66. The Kier molecular flexibility index (Phi) is 5.20. The second-order valence-corrected chi connectivity index (χ2v) is 5.42. The summed E-state index contributed by atoms with van der Waals surface area (Å²) in [6.45, 7) is 7.85. The maximum atomic E-state index is 11.9. The Morgan fingerprint density at radius 2 is 2.20 bits per heavy atom. The van der Waals surface area contributed by atoms with Gasteiger partial charge in [-0.1, -0.05) is 0 Å². The number of piperidine rings is 1. The molecule has 2 rings (SSSR count). The van der Waals surface area contributed by atoms with Crippen molar-refractivity contribution in [2.75, 3.05) is 19.7 Å². The molecule has 1 aliphatic rings. The molecule has 0 radical (unpaired) electrons. The maximum Gasteiger partial charge on any atom is 0.246 e. The van der Waals surface area contributed by atoms with Gasteiger partial charge in [-0.15, -0.1) is 0 Å². The molecule has 2 heterocycles. The van der Waals surface area contributed by atoms with Crippen molar-refractivity contribution in [3.05, 3.63) is 23.2 Å². The highest BCUT2D eigenvalue weighted by molar-refractivity contribution is 5.77. The van der Waals surface area contributed by atoms with Crippen LogP contribution in [0.1, 0.15) is 42.9 Å². The van der Waals surface area contributed by atoms with E-state index < -0.39 is 0 Å². The highest BCUT2D eigenvalue weighted by atomic mass is 16.5. The van der Waals surface area contributed by atoms with Crippen molar-refractivity contribution in [1.82, 2.24) is 10.6 Å². The average Bonchev–Trinajstić information content (AvgIpc) is 2.77. The molecule has 112 valence electrons. The summed E-state index contributed by atoms with van der Waals surface area (Å²) in [5.41, 5.74) is 1.03. The topological polar surface area (TPSA) is 63.5 Å². The van der Waals surface area contributed by atoms with Gasteiger partial charge in [-0.2, -0.15) is 0 Å². The number of furan rings is 1. The number of hydrogen-bond acceptors (Lipinski definition) is 4. The van der Waals surface area contributed by atoms with E-state index >= 15 is 0 Å². The van der Waals surface area contributed by atoms with Crippen molar-refractivity contribution in [3.63, 3.8) is 0 Å². The molecule has 20 heavy (non-hydrogen) atoms. The van der Waals surface area contributed by atoms with Gasteiger partial charge in [0.2, 0.25) is 5.91 Å². The zero-order valence-corrected chi connectivity index (χ0v) is 12.5. The molecule has 1 saturated heterocycles. The lowest BCUT2D eigenvalue weighted by Gasteiger charge is -2.23. The highest BCUT2D eigenvalue weighted by Gasteiger charge is 2.17. The molecule has 1 aromatic rings. The molecular formula is C15H24N2O3. The summed E-state index contributed by atoms with van der Waals surface area (Å²) < 4.78 is 11.1. The van der Waals surface area contributed by atoms with E-state index in [2.05, 4.69) is 10.6 Å². The van der Waals surface area contributed by atoms with Crippen LogP contribution in [0.15, 0.2) is 10.5 Å². The first-order valence-corrected chi connectivity index (χ1v) is 7.25. The number of aryl methyl sites for hydroxylation is 2. The van der Waals surface area contributed by atoms with E-state index in [1.165, 1.54) is 0 Å². The van der Waals surface area contributed by atoms with Gasteiger partial charge in [0.05, 0.1) is 12.1 Å². The van der Waals surface area contributed by atoms with Crippen LogP contribution >= 0.6 is 0 Å². The predicted octanol–water partition coefficient (Wildman–Crippen LogP) is 1.84. The van der Waals surface area contributed by atoms with Crippen molar-refractivity contribution < 1.29 is 13.9 Å². The Morgan fingerprint density at radius 1 is 1.50 bits per heavy atom. The summed E-state index contributed by atoms with van der Waals surface area (Å²) in [7, 11) is 0. The van der Waals surface area contributed by atoms with Gasteiger partial charge >= 0.3 is 0 Å². The quantitative estimate of drug-likeness (QED) is 0.864. The molecule has 1 aliphatic heterocycles. The van der Waals surface area contributed by atoms with E-state index in [4.69, 9.17) is 9.15 Å². The molecule has 0 spiro atoms. The third-order valence-corrected chi connectivity index (χ3v) is 3.66. The van der Waals surface area contributed by atoms with Gasteiger partial charge < -0.3 is 19.8 Å². The molecule has 0 aromatic carbocycles. The fraction of sp³-hybridized carbons (Fsp3) is 0.667. The standard InChI is InChI=1S/C15H24N2O3/c1-10-8-14(12(3)20-10)11(2)17-15(18)9-19-13-4-6-16-7-5-13/h8,11,13,16H,4-7,9H2,1-3H3,(H,17,18). The van der Waals surface area contributed by atoms with Crippen LogP contribution in [-0.4, -0.2) is 31.7 Å². The van der Waals surface area contributed by atoms with Crippen LogP contribution in [0.4, 0.5) is 0 Å². The molecule has 1 atom stereocenters. The molecule has 5 heteroatoms. The lowest BCUT2D eigenvalue weighted by atomic mass is 10.1. The Hall–Kier alpha value is -1.33. The first-order valence-electron chi connectivity index (χ1n) is 7.25. The first-order chi connectivity index (χ1) is 9.56. The van der Waals surface area contributed by atoms with Crippen molar-refractivity contribution in [2.45, 2.75) is 45.8 Å². The monoisotopic (exact) mass is 280 g/mol. The van der Waals surface area contributed by atoms with E-state index in [0.29, 0.717) is 0 Å². The lowest BCUT2D eigenvalue weighted by Crippen LogP contribution is -2.36. The molecule has 0 bridgehead atoms. The second kappa shape index (κ2) is 6.90. The van der Waals surface area contributed by atoms with E-state index in [1.54, 1.807) is 0 Å². The highest BCUT2D eigenvalue weighted by Crippen LogP contribution is 2.21. The Labute approximate surface area is 120 Å². The van der Waals surface area contributed by atoms with E-state index in [0.717, 1.165) is 43.0 Å². The van der Waals surface area contributed by atoms with Gasteiger partial charge in [0.1, 0.15) is 18.1 Å². The van der Waals surface area contributed by atoms with Crippen molar-refractivity contribution >= 4 is 5.91 Å². The molecule has 1 unspecified atom stereocenters. The predicted molar refractivity (Wildman–Crippen MR) is 76.6 cm³/mol. The van der Waals surface area contributed by atoms with Crippen LogP contribution in [0, 0.1) is 13.8 Å². The smallest absolute Gasteiger partial charge is 0.246 e. The van der Waals surface area contributed by atoms with E-state index in [1.807, 2.05) is 26.8 Å². The van der Waals surface area contributed by atoms with E-state index in [9.17, 15) is 4.79 Å². The summed E-state index contributed by atoms with van der Waals surface area (Å²) in [6.07, 6.45) is 2.15. The maximum absolute atomic E-state index is 11.9.